The van der Waals surface area contributed by atoms with Crippen LogP contribution in [0.4, 0.5) is 5.69 Å². The fraction of sp³-hybridized carbons (Fsp3) is 0.200. The van der Waals surface area contributed by atoms with E-state index in [9.17, 15) is 0 Å². The van der Waals surface area contributed by atoms with Crippen LogP contribution in [0.25, 0.3) is 11.0 Å². The van der Waals surface area contributed by atoms with Crippen molar-refractivity contribution in [3.05, 3.63) is 24.5 Å². The second kappa shape index (κ2) is 3.41. The van der Waals surface area contributed by atoms with Gasteiger partial charge in [-0.15, -0.1) is 0 Å². The number of nitrogens with one attached hydrogen (secondary N) is 2. The van der Waals surface area contributed by atoms with Gasteiger partial charge in [0, 0.05) is 12.2 Å². The Hall–Kier alpha value is -2.24. The second-order valence-corrected chi connectivity index (χ2v) is 3.63. The summed E-state index contributed by atoms with van der Waals surface area (Å²) in [6.07, 6.45) is 1.71. The molecule has 0 saturated heterocycles. The normalized spacial score (nSPS) is 14.9. The van der Waals surface area contributed by atoms with Crippen LogP contribution in [-0.4, -0.2) is 28.7 Å². The van der Waals surface area contributed by atoms with Crippen molar-refractivity contribution in [2.45, 2.75) is 0 Å². The Kier molecular flexibility index (Phi) is 1.92. The smallest absolute Gasteiger partial charge is 0.211 e. The minimum absolute atomic E-state index is 0.717. The highest BCUT2D eigenvalue weighted by molar-refractivity contribution is 5.90. The van der Waals surface area contributed by atoms with E-state index in [4.69, 9.17) is 5.73 Å². The predicted octanol–water partition coefficient (Wildman–Crippen LogP) is 0.121. The van der Waals surface area contributed by atoms with Crippen LogP contribution in [0.15, 0.2) is 29.5 Å². The Labute approximate surface area is 92.1 Å². The molecule has 0 unspecified atom stereocenters. The molecule has 2 heterocycles. The molecule has 2 aromatic rings. The first kappa shape index (κ1) is 9.02. The summed E-state index contributed by atoms with van der Waals surface area (Å²) in [5.74, 6) is 0.774. The fourth-order valence-corrected chi connectivity index (χ4v) is 1.71. The first-order chi connectivity index (χ1) is 7.83. The maximum Gasteiger partial charge on any atom is 0.211 e. The number of aromatic nitrogens is 2. The maximum absolute atomic E-state index is 5.69. The van der Waals surface area contributed by atoms with Crippen LogP contribution < -0.4 is 16.5 Å². The Morgan fingerprint density at radius 2 is 2.38 bits per heavy atom. The number of aliphatic imine (C=N–C) groups is 1. The van der Waals surface area contributed by atoms with E-state index >= 15 is 0 Å². The van der Waals surface area contributed by atoms with Gasteiger partial charge in [0.1, 0.15) is 6.33 Å². The van der Waals surface area contributed by atoms with Crippen LogP contribution >= 0.6 is 0 Å². The van der Waals surface area contributed by atoms with Crippen LogP contribution in [0.5, 0.6) is 0 Å². The monoisotopic (exact) mass is 216 g/mol. The third kappa shape index (κ3) is 1.44. The second-order valence-electron chi connectivity index (χ2n) is 3.63. The molecule has 0 aliphatic carbocycles. The van der Waals surface area contributed by atoms with E-state index in [1.165, 1.54) is 0 Å². The first-order valence-electron chi connectivity index (χ1n) is 5.11. The molecule has 4 N–H and O–H groups in total. The van der Waals surface area contributed by atoms with Crippen LogP contribution in [0.1, 0.15) is 0 Å². The minimum atomic E-state index is 0.717. The molecule has 0 spiro atoms. The third-order valence-corrected chi connectivity index (χ3v) is 2.47. The van der Waals surface area contributed by atoms with E-state index in [-0.39, 0.29) is 0 Å². The number of nitrogen functional groups attached to an aromatic ring is 1. The molecule has 1 aromatic heterocycles. The summed E-state index contributed by atoms with van der Waals surface area (Å²) in [7, 11) is 0. The summed E-state index contributed by atoms with van der Waals surface area (Å²) in [6, 6.07) is 5.63. The molecule has 0 fully saturated rings. The number of rotatable bonds is 1. The lowest BCUT2D eigenvalue weighted by Crippen LogP contribution is -2.31. The minimum Gasteiger partial charge on any atom is -0.399 e. The average Bonchev–Trinajstić information content (AvgIpc) is 2.89. The molecular weight excluding hydrogens is 204 g/mol. The highest BCUT2D eigenvalue weighted by atomic mass is 15.5. The summed E-state index contributed by atoms with van der Waals surface area (Å²) < 4.78 is 1.83. The van der Waals surface area contributed by atoms with Gasteiger partial charge in [0.15, 0.2) is 0 Å². The molecule has 16 heavy (non-hydrogen) atoms. The van der Waals surface area contributed by atoms with Crippen molar-refractivity contribution in [3.63, 3.8) is 0 Å². The van der Waals surface area contributed by atoms with Gasteiger partial charge in [-0.1, -0.05) is 0 Å². The van der Waals surface area contributed by atoms with Crippen molar-refractivity contribution in [1.82, 2.24) is 15.0 Å². The molecule has 1 aliphatic heterocycles. The number of fused-ring (bicyclic) bond motifs is 1. The molecule has 3 rings (SSSR count). The summed E-state index contributed by atoms with van der Waals surface area (Å²) in [5, 5.41) is 3.14. The van der Waals surface area contributed by atoms with Gasteiger partial charge in [-0.3, -0.25) is 10.4 Å². The van der Waals surface area contributed by atoms with Gasteiger partial charge in [-0.2, -0.15) is 0 Å². The van der Waals surface area contributed by atoms with Gasteiger partial charge in [0.25, 0.3) is 0 Å². The SMILES string of the molecule is Nc1ccc2c(c1)ncn2NC1=NCCN1. The Bertz CT molecular complexity index is 555. The van der Waals surface area contributed by atoms with E-state index in [1.54, 1.807) is 6.33 Å². The predicted molar refractivity (Wildman–Crippen MR) is 63.8 cm³/mol. The number of anilines is 1. The quantitative estimate of drug-likeness (QED) is 0.591. The molecule has 0 bridgehead atoms. The lowest BCUT2D eigenvalue weighted by Gasteiger charge is -2.07. The number of nitrogens with two attached hydrogens (primary N) is 1. The number of imidazole rings is 1. The molecule has 0 saturated carbocycles. The molecule has 0 radical (unpaired) electrons. The van der Waals surface area contributed by atoms with E-state index in [0.717, 1.165) is 30.1 Å². The highest BCUT2D eigenvalue weighted by Gasteiger charge is 2.07. The summed E-state index contributed by atoms with van der Waals surface area (Å²) in [5.41, 5.74) is 11.4. The van der Waals surface area contributed by atoms with Crippen LogP contribution in [0.2, 0.25) is 0 Å². The van der Waals surface area contributed by atoms with E-state index in [2.05, 4.69) is 20.7 Å². The van der Waals surface area contributed by atoms with Crippen molar-refractivity contribution < 1.29 is 0 Å². The van der Waals surface area contributed by atoms with Gasteiger partial charge in [0.2, 0.25) is 5.96 Å². The zero-order valence-electron chi connectivity index (χ0n) is 8.64. The van der Waals surface area contributed by atoms with Crippen LogP contribution in [-0.2, 0) is 0 Å². The summed E-state index contributed by atoms with van der Waals surface area (Å²) in [6.45, 7) is 1.68. The molecular formula is C10H12N6. The van der Waals surface area contributed by atoms with Gasteiger partial charge in [-0.25, -0.2) is 9.66 Å². The van der Waals surface area contributed by atoms with Crippen molar-refractivity contribution in [3.8, 4) is 0 Å². The molecule has 82 valence electrons. The average molecular weight is 216 g/mol. The van der Waals surface area contributed by atoms with E-state index in [0.29, 0.717) is 5.69 Å². The number of nitrogens with zero attached hydrogens (tertiary/aromatic N) is 3. The highest BCUT2D eigenvalue weighted by Crippen LogP contribution is 2.14. The van der Waals surface area contributed by atoms with Gasteiger partial charge < -0.3 is 11.1 Å². The van der Waals surface area contributed by atoms with Crippen molar-refractivity contribution in [2.24, 2.45) is 4.99 Å². The zero-order chi connectivity index (χ0) is 11.0. The maximum atomic E-state index is 5.69. The molecule has 6 nitrogen and oxygen atoms in total. The van der Waals surface area contributed by atoms with Gasteiger partial charge >= 0.3 is 0 Å². The number of benzene rings is 1. The van der Waals surface area contributed by atoms with Crippen LogP contribution in [0.3, 0.4) is 0 Å². The fourth-order valence-electron chi connectivity index (χ4n) is 1.71. The Morgan fingerprint density at radius 1 is 1.44 bits per heavy atom. The Balaban J connectivity index is 1.97. The molecule has 1 aliphatic rings. The topological polar surface area (TPSA) is 80.3 Å². The Morgan fingerprint density at radius 3 is 3.19 bits per heavy atom. The van der Waals surface area contributed by atoms with Gasteiger partial charge in [-0.05, 0) is 18.2 Å². The van der Waals surface area contributed by atoms with Crippen molar-refractivity contribution in [1.29, 1.82) is 0 Å². The van der Waals surface area contributed by atoms with Gasteiger partial charge in [0.05, 0.1) is 17.6 Å². The first-order valence-corrected chi connectivity index (χ1v) is 5.11. The van der Waals surface area contributed by atoms with Crippen LogP contribution in [0, 0.1) is 0 Å². The van der Waals surface area contributed by atoms with E-state index < -0.39 is 0 Å². The lowest BCUT2D eigenvalue weighted by atomic mass is 10.3. The number of hydrogen-bond acceptors (Lipinski definition) is 5. The standard InChI is InChI=1S/C10H12N6/c11-7-1-2-9-8(5-7)14-6-16(9)15-10-12-3-4-13-10/h1-2,5-6H,3-4,11H2,(H2,12,13,15). The number of guanidine groups is 1. The molecule has 0 atom stereocenters. The lowest BCUT2D eigenvalue weighted by molar-refractivity contribution is 0.937. The number of hydrogen-bond donors (Lipinski definition) is 3. The summed E-state index contributed by atoms with van der Waals surface area (Å²) in [4.78, 5) is 8.52. The summed E-state index contributed by atoms with van der Waals surface area (Å²) >= 11 is 0. The largest absolute Gasteiger partial charge is 0.399 e. The van der Waals surface area contributed by atoms with E-state index in [1.807, 2.05) is 22.9 Å². The van der Waals surface area contributed by atoms with Crippen molar-refractivity contribution in [2.75, 3.05) is 24.2 Å². The molecule has 1 aromatic carbocycles. The van der Waals surface area contributed by atoms with Crippen molar-refractivity contribution >= 4 is 22.7 Å². The molecule has 0 amide bonds. The third-order valence-electron chi connectivity index (χ3n) is 2.47. The zero-order valence-corrected chi connectivity index (χ0v) is 8.64. The molecule has 6 heteroatoms.